The molecule has 0 aromatic heterocycles. The molecular formula is C79H150O17P2. The standard InChI is InChI=1S/C79H150O17P2/c1-7-9-11-13-15-17-19-21-24-29-32-36-43-49-55-61-76(81)89-67-74(95-79(84)64-58-52-46-38-34-30-26-23-25-27-31-35-41-47-53-59-71(3)4)69-93-97(85,86)91-65-73(80)66-92-98(87,88)94-70-75(68-90-77(82)62-56-50-44-40-39-42-48-54-60-72(5)6)96-78(83)63-57-51-45-37-33-28-22-20-18-16-14-12-10-8-2/h17,19,21,24,71-75,80H,7-16,18,20,22-23,25-70H2,1-6H3,(H,85,86)(H,87,88)/b19-17-,24-21-/t73-,74-,75-/m1/s1. The molecule has 0 aliphatic heterocycles. The fraction of sp³-hybridized carbons (Fsp3) is 0.899. The number of phosphoric acid groups is 2. The van der Waals surface area contributed by atoms with Gasteiger partial charge in [-0.05, 0) is 63.2 Å². The Balaban J connectivity index is 5.29. The summed E-state index contributed by atoms with van der Waals surface area (Å²) >= 11 is 0. The van der Waals surface area contributed by atoms with Gasteiger partial charge in [-0.25, -0.2) is 9.13 Å². The molecule has 2 unspecified atom stereocenters. The summed E-state index contributed by atoms with van der Waals surface area (Å²) in [5.74, 6) is -0.616. The Kier molecular flexibility index (Phi) is 68.5. The second kappa shape index (κ2) is 70.2. The van der Waals surface area contributed by atoms with Crippen LogP contribution in [0, 0.1) is 11.8 Å². The first-order chi connectivity index (χ1) is 47.4. The highest BCUT2D eigenvalue weighted by Crippen LogP contribution is 2.45. The van der Waals surface area contributed by atoms with Gasteiger partial charge in [-0.1, -0.05) is 336 Å². The maximum atomic E-state index is 13.1. The lowest BCUT2D eigenvalue weighted by Gasteiger charge is -2.21. The summed E-state index contributed by atoms with van der Waals surface area (Å²) in [7, 11) is -9.93. The zero-order chi connectivity index (χ0) is 72.1. The molecule has 0 aliphatic carbocycles. The second-order valence-corrected chi connectivity index (χ2v) is 31.6. The summed E-state index contributed by atoms with van der Waals surface area (Å²) in [4.78, 5) is 72.9. The van der Waals surface area contributed by atoms with Crippen LogP contribution in [0.4, 0.5) is 0 Å². The molecule has 3 N–H and O–H groups in total. The molecule has 0 heterocycles. The number of aliphatic hydroxyl groups excluding tert-OH is 1. The molecule has 0 radical (unpaired) electrons. The van der Waals surface area contributed by atoms with Crippen molar-refractivity contribution in [3.8, 4) is 0 Å². The van der Waals surface area contributed by atoms with Crippen molar-refractivity contribution in [3.63, 3.8) is 0 Å². The third-order valence-corrected chi connectivity index (χ3v) is 19.7. The summed E-state index contributed by atoms with van der Waals surface area (Å²) in [5, 5.41) is 10.6. The number of aliphatic hydroxyl groups is 1. The Morgan fingerprint density at radius 1 is 0.316 bits per heavy atom. The van der Waals surface area contributed by atoms with Crippen LogP contribution < -0.4 is 0 Å². The molecule has 0 saturated heterocycles. The van der Waals surface area contributed by atoms with Crippen LogP contribution in [0.5, 0.6) is 0 Å². The van der Waals surface area contributed by atoms with Crippen LogP contribution in [0.3, 0.4) is 0 Å². The number of unbranched alkanes of at least 4 members (excludes halogenated alkanes) is 43. The van der Waals surface area contributed by atoms with Crippen LogP contribution in [0.15, 0.2) is 24.3 Å². The highest BCUT2D eigenvalue weighted by atomic mass is 31.2. The van der Waals surface area contributed by atoms with E-state index in [2.05, 4.69) is 65.8 Å². The van der Waals surface area contributed by atoms with E-state index in [1.807, 2.05) is 0 Å². The fourth-order valence-corrected chi connectivity index (χ4v) is 13.2. The van der Waals surface area contributed by atoms with Gasteiger partial charge >= 0.3 is 39.5 Å². The van der Waals surface area contributed by atoms with Crippen molar-refractivity contribution in [2.24, 2.45) is 11.8 Å². The molecule has 0 rings (SSSR count). The summed E-state index contributed by atoms with van der Waals surface area (Å²) in [6, 6.07) is 0. The fourth-order valence-electron chi connectivity index (χ4n) is 11.6. The summed E-state index contributed by atoms with van der Waals surface area (Å²) in [6.45, 7) is 9.55. The number of carbonyl (C=O) groups is 4. The predicted octanol–water partition coefficient (Wildman–Crippen LogP) is 23.1. The molecular weight excluding hydrogens is 1280 g/mol. The van der Waals surface area contributed by atoms with Crippen molar-refractivity contribution in [3.05, 3.63) is 24.3 Å². The lowest BCUT2D eigenvalue weighted by Crippen LogP contribution is -2.30. The highest BCUT2D eigenvalue weighted by molar-refractivity contribution is 7.47. The van der Waals surface area contributed by atoms with Gasteiger partial charge in [0.05, 0.1) is 26.4 Å². The van der Waals surface area contributed by atoms with E-state index in [0.29, 0.717) is 25.7 Å². The first kappa shape index (κ1) is 95.5. The molecule has 5 atom stereocenters. The minimum atomic E-state index is -4.97. The van der Waals surface area contributed by atoms with E-state index in [0.717, 1.165) is 121 Å². The van der Waals surface area contributed by atoms with Crippen LogP contribution in [0.25, 0.3) is 0 Å². The first-order valence-corrected chi connectivity index (χ1v) is 43.3. The molecule has 0 fully saturated rings. The van der Waals surface area contributed by atoms with Crippen molar-refractivity contribution in [1.29, 1.82) is 0 Å². The third kappa shape index (κ3) is 71.9. The molecule has 0 bridgehead atoms. The minimum absolute atomic E-state index is 0.101. The lowest BCUT2D eigenvalue weighted by molar-refractivity contribution is -0.161. The Labute approximate surface area is 599 Å². The monoisotopic (exact) mass is 1430 g/mol. The topological polar surface area (TPSA) is 237 Å². The Bertz CT molecular complexity index is 1980. The maximum Gasteiger partial charge on any atom is 0.472 e. The van der Waals surface area contributed by atoms with Gasteiger partial charge in [0.25, 0.3) is 0 Å². The summed E-state index contributed by atoms with van der Waals surface area (Å²) in [5.41, 5.74) is 0. The third-order valence-electron chi connectivity index (χ3n) is 17.8. The number of phosphoric ester groups is 2. The second-order valence-electron chi connectivity index (χ2n) is 28.7. The zero-order valence-electron chi connectivity index (χ0n) is 63.6. The molecule has 0 aromatic rings. The zero-order valence-corrected chi connectivity index (χ0v) is 65.4. The highest BCUT2D eigenvalue weighted by Gasteiger charge is 2.30. The number of hydrogen-bond donors (Lipinski definition) is 3. The molecule has 0 amide bonds. The molecule has 0 saturated carbocycles. The van der Waals surface area contributed by atoms with Gasteiger partial charge in [0.1, 0.15) is 19.3 Å². The molecule has 19 heteroatoms. The number of allylic oxidation sites excluding steroid dienone is 4. The van der Waals surface area contributed by atoms with Gasteiger partial charge in [-0.15, -0.1) is 0 Å². The van der Waals surface area contributed by atoms with Crippen molar-refractivity contribution in [1.82, 2.24) is 0 Å². The molecule has 0 aromatic carbocycles. The Morgan fingerprint density at radius 2 is 0.551 bits per heavy atom. The smallest absolute Gasteiger partial charge is 0.462 e. The summed E-state index contributed by atoms with van der Waals surface area (Å²) in [6.07, 6.45) is 61.8. The van der Waals surface area contributed by atoms with E-state index in [1.165, 1.54) is 186 Å². The number of carbonyl (C=O) groups excluding carboxylic acids is 4. The van der Waals surface area contributed by atoms with E-state index >= 15 is 0 Å². The average Bonchev–Trinajstić information content (AvgIpc) is 0.999. The molecule has 0 spiro atoms. The number of ether oxygens (including phenoxy) is 4. The van der Waals surface area contributed by atoms with Crippen LogP contribution >= 0.6 is 15.6 Å². The number of rotatable bonds is 76. The predicted molar refractivity (Wildman–Crippen MR) is 400 cm³/mol. The van der Waals surface area contributed by atoms with Gasteiger partial charge in [-0.3, -0.25) is 37.3 Å². The Morgan fingerprint density at radius 3 is 0.837 bits per heavy atom. The van der Waals surface area contributed by atoms with Gasteiger partial charge in [0.2, 0.25) is 0 Å². The van der Waals surface area contributed by atoms with E-state index in [-0.39, 0.29) is 25.7 Å². The maximum absolute atomic E-state index is 13.1. The normalized spacial score (nSPS) is 14.1. The molecule has 578 valence electrons. The SMILES string of the molecule is CCCCCC/C=C\C=C/CCCCCCCC(=O)OC[C@H](COP(=O)(O)OC[C@@H](O)COP(=O)(O)OC[C@@H](COC(=O)CCCCCCCCCCC(C)C)OC(=O)CCCCCCCCCCCCCCCC)OC(=O)CCCCCCCCCCCCCCCCCC(C)C. The van der Waals surface area contributed by atoms with Gasteiger partial charge in [-0.2, -0.15) is 0 Å². The van der Waals surface area contributed by atoms with E-state index in [9.17, 15) is 43.2 Å². The lowest BCUT2D eigenvalue weighted by atomic mass is 10.0. The van der Waals surface area contributed by atoms with E-state index in [1.54, 1.807) is 0 Å². The van der Waals surface area contributed by atoms with Gasteiger partial charge in [0.15, 0.2) is 12.2 Å². The first-order valence-electron chi connectivity index (χ1n) is 40.3. The quantitative estimate of drug-likeness (QED) is 0.0169. The van der Waals surface area contributed by atoms with Crippen molar-refractivity contribution in [2.45, 2.75) is 407 Å². The van der Waals surface area contributed by atoms with Crippen molar-refractivity contribution >= 4 is 39.5 Å². The largest absolute Gasteiger partial charge is 0.472 e. The molecule has 0 aliphatic rings. The van der Waals surface area contributed by atoms with Crippen LogP contribution in [0.2, 0.25) is 0 Å². The van der Waals surface area contributed by atoms with Crippen molar-refractivity contribution < 1.29 is 80.2 Å². The molecule has 98 heavy (non-hydrogen) atoms. The minimum Gasteiger partial charge on any atom is -0.462 e. The van der Waals surface area contributed by atoms with Gasteiger partial charge in [0, 0.05) is 25.7 Å². The summed E-state index contributed by atoms with van der Waals surface area (Å²) < 4.78 is 68.6. The number of hydrogen-bond acceptors (Lipinski definition) is 15. The average molecular weight is 1430 g/mol. The van der Waals surface area contributed by atoms with Gasteiger partial charge < -0.3 is 33.8 Å². The van der Waals surface area contributed by atoms with E-state index < -0.39 is 97.5 Å². The number of esters is 4. The molecule has 17 nitrogen and oxygen atoms in total. The van der Waals surface area contributed by atoms with Crippen LogP contribution in [-0.4, -0.2) is 96.7 Å². The van der Waals surface area contributed by atoms with Crippen molar-refractivity contribution in [2.75, 3.05) is 39.6 Å². The van der Waals surface area contributed by atoms with Crippen LogP contribution in [-0.2, 0) is 65.4 Å². The Hall–Kier alpha value is -2.46. The van der Waals surface area contributed by atoms with E-state index in [4.69, 9.17) is 37.0 Å². The van der Waals surface area contributed by atoms with Crippen LogP contribution in [0.1, 0.15) is 388 Å².